The predicted octanol–water partition coefficient (Wildman–Crippen LogP) is 3.18. The maximum atomic E-state index is 5.72. The lowest BCUT2D eigenvalue weighted by atomic mass is 9.99. The summed E-state index contributed by atoms with van der Waals surface area (Å²) in [7, 11) is 0. The predicted molar refractivity (Wildman–Crippen MR) is 81.9 cm³/mol. The van der Waals surface area contributed by atoms with Gasteiger partial charge >= 0.3 is 0 Å². The minimum absolute atomic E-state index is 0.789. The molecule has 0 bridgehead atoms. The van der Waals surface area contributed by atoms with E-state index in [2.05, 4.69) is 33.1 Å². The number of nitrogens with two attached hydrogens (primary N) is 1. The first kappa shape index (κ1) is 13.7. The molecule has 1 aliphatic rings. The van der Waals surface area contributed by atoms with Gasteiger partial charge in [-0.1, -0.05) is 6.92 Å². The highest BCUT2D eigenvalue weighted by Crippen LogP contribution is 2.24. The number of likely N-dealkylation sites (tertiary alicyclic amines) is 1. The smallest absolute Gasteiger partial charge is 0.0486 e. The second kappa shape index (κ2) is 6.43. The third-order valence-electron chi connectivity index (χ3n) is 3.61. The van der Waals surface area contributed by atoms with E-state index in [0.29, 0.717) is 0 Å². The van der Waals surface area contributed by atoms with Crippen molar-refractivity contribution in [3.63, 3.8) is 0 Å². The van der Waals surface area contributed by atoms with Gasteiger partial charge in [-0.2, -0.15) is 0 Å². The maximum absolute atomic E-state index is 5.72. The van der Waals surface area contributed by atoms with E-state index < -0.39 is 0 Å². The third-order valence-corrected chi connectivity index (χ3v) is 4.27. The summed E-state index contributed by atoms with van der Waals surface area (Å²) in [5.74, 6) is 0.903. The van der Waals surface area contributed by atoms with Crippen molar-refractivity contribution in [2.75, 3.05) is 37.2 Å². The summed E-state index contributed by atoms with van der Waals surface area (Å²) in [6.45, 7) is 6.93. The van der Waals surface area contributed by atoms with Gasteiger partial charge in [0.25, 0.3) is 0 Å². The van der Waals surface area contributed by atoms with Crippen molar-refractivity contribution < 1.29 is 0 Å². The summed E-state index contributed by atoms with van der Waals surface area (Å²) in [5.41, 5.74) is 7.63. The molecule has 1 aliphatic heterocycles. The minimum Gasteiger partial charge on any atom is -0.399 e. The number of rotatable bonds is 4. The van der Waals surface area contributed by atoms with Crippen LogP contribution in [0.2, 0.25) is 0 Å². The Balaban J connectivity index is 1.75. The largest absolute Gasteiger partial charge is 0.399 e. The van der Waals surface area contributed by atoms with Gasteiger partial charge in [0.2, 0.25) is 0 Å². The first-order valence-corrected chi connectivity index (χ1v) is 7.45. The van der Waals surface area contributed by atoms with Crippen molar-refractivity contribution in [2.45, 2.75) is 19.8 Å². The van der Waals surface area contributed by atoms with E-state index in [0.717, 1.165) is 34.9 Å². The molecule has 0 atom stereocenters. The van der Waals surface area contributed by atoms with Crippen molar-refractivity contribution in [2.24, 2.45) is 5.92 Å². The molecule has 0 aliphatic carbocycles. The van der Waals surface area contributed by atoms with Gasteiger partial charge < -0.3 is 16.0 Å². The fourth-order valence-corrected chi connectivity index (χ4v) is 2.85. The van der Waals surface area contributed by atoms with E-state index in [4.69, 9.17) is 5.73 Å². The van der Waals surface area contributed by atoms with Crippen LogP contribution in [0.5, 0.6) is 0 Å². The Hall–Kier alpha value is -0.740. The Kier molecular flexibility index (Phi) is 4.89. The van der Waals surface area contributed by atoms with E-state index in [1.54, 1.807) is 0 Å². The SMILES string of the molecule is CC1CCN(CCNc2ccc(N)cc2Br)CC1. The highest BCUT2D eigenvalue weighted by atomic mass is 79.9. The van der Waals surface area contributed by atoms with Crippen molar-refractivity contribution in [3.05, 3.63) is 22.7 Å². The van der Waals surface area contributed by atoms with Crippen LogP contribution in [-0.2, 0) is 0 Å². The van der Waals surface area contributed by atoms with E-state index in [9.17, 15) is 0 Å². The van der Waals surface area contributed by atoms with Crippen LogP contribution in [-0.4, -0.2) is 31.1 Å². The molecule has 1 saturated heterocycles. The van der Waals surface area contributed by atoms with Crippen molar-refractivity contribution in [3.8, 4) is 0 Å². The van der Waals surface area contributed by atoms with Gasteiger partial charge in [0.1, 0.15) is 0 Å². The highest BCUT2D eigenvalue weighted by Gasteiger charge is 2.14. The maximum Gasteiger partial charge on any atom is 0.0486 e. The first-order chi connectivity index (χ1) is 8.65. The zero-order valence-electron chi connectivity index (χ0n) is 11.0. The zero-order valence-corrected chi connectivity index (χ0v) is 12.5. The van der Waals surface area contributed by atoms with Crippen molar-refractivity contribution in [1.82, 2.24) is 4.90 Å². The number of hydrogen-bond acceptors (Lipinski definition) is 3. The Morgan fingerprint density at radius 3 is 2.78 bits per heavy atom. The molecule has 18 heavy (non-hydrogen) atoms. The number of hydrogen-bond donors (Lipinski definition) is 2. The Morgan fingerprint density at radius 1 is 1.39 bits per heavy atom. The minimum atomic E-state index is 0.789. The number of anilines is 2. The molecule has 1 aromatic rings. The molecule has 0 spiro atoms. The number of piperidine rings is 1. The molecule has 100 valence electrons. The second-order valence-corrected chi connectivity index (χ2v) is 6.04. The molecule has 1 aromatic carbocycles. The van der Waals surface area contributed by atoms with Crippen LogP contribution in [0, 0.1) is 5.92 Å². The van der Waals surface area contributed by atoms with Crippen molar-refractivity contribution in [1.29, 1.82) is 0 Å². The molecule has 2 rings (SSSR count). The van der Waals surface area contributed by atoms with Gasteiger partial charge in [0.15, 0.2) is 0 Å². The lowest BCUT2D eigenvalue weighted by molar-refractivity contribution is 0.199. The number of benzene rings is 1. The van der Waals surface area contributed by atoms with Gasteiger partial charge in [0, 0.05) is 28.9 Å². The lowest BCUT2D eigenvalue weighted by Gasteiger charge is -2.30. The van der Waals surface area contributed by atoms with Crippen LogP contribution in [0.3, 0.4) is 0 Å². The second-order valence-electron chi connectivity index (χ2n) is 5.19. The van der Waals surface area contributed by atoms with Gasteiger partial charge in [0.05, 0.1) is 0 Å². The normalized spacial score (nSPS) is 17.9. The van der Waals surface area contributed by atoms with Crippen LogP contribution >= 0.6 is 15.9 Å². The number of nitrogens with zero attached hydrogens (tertiary/aromatic N) is 1. The van der Waals surface area contributed by atoms with Gasteiger partial charge in [-0.3, -0.25) is 0 Å². The van der Waals surface area contributed by atoms with Crippen LogP contribution in [0.15, 0.2) is 22.7 Å². The highest BCUT2D eigenvalue weighted by molar-refractivity contribution is 9.10. The molecule has 0 aromatic heterocycles. The molecule has 0 radical (unpaired) electrons. The summed E-state index contributed by atoms with van der Waals surface area (Å²) >= 11 is 3.53. The van der Waals surface area contributed by atoms with Crippen molar-refractivity contribution >= 4 is 27.3 Å². The summed E-state index contributed by atoms with van der Waals surface area (Å²) in [6.07, 6.45) is 2.68. The first-order valence-electron chi connectivity index (χ1n) is 6.66. The fraction of sp³-hybridized carbons (Fsp3) is 0.571. The fourth-order valence-electron chi connectivity index (χ4n) is 2.31. The van der Waals surface area contributed by atoms with Crippen LogP contribution in [0.1, 0.15) is 19.8 Å². The summed E-state index contributed by atoms with van der Waals surface area (Å²) in [5, 5.41) is 3.45. The Morgan fingerprint density at radius 2 is 2.11 bits per heavy atom. The van der Waals surface area contributed by atoms with Gasteiger partial charge in [-0.05, 0) is 66.0 Å². The third kappa shape index (κ3) is 3.89. The van der Waals surface area contributed by atoms with Gasteiger partial charge in [-0.25, -0.2) is 0 Å². The van der Waals surface area contributed by atoms with Crippen LogP contribution < -0.4 is 11.1 Å². The average molecular weight is 312 g/mol. The molecular weight excluding hydrogens is 290 g/mol. The number of halogens is 1. The molecular formula is C14H22BrN3. The molecule has 1 fully saturated rings. The standard InChI is InChI=1S/C14H22BrN3/c1-11-4-7-18(8-5-11)9-6-17-14-3-2-12(16)10-13(14)15/h2-3,10-11,17H,4-9,16H2,1H3. The number of nitrogens with one attached hydrogen (secondary N) is 1. The lowest BCUT2D eigenvalue weighted by Crippen LogP contribution is -2.36. The molecule has 3 nitrogen and oxygen atoms in total. The average Bonchev–Trinajstić information content (AvgIpc) is 2.34. The van der Waals surface area contributed by atoms with Gasteiger partial charge in [-0.15, -0.1) is 0 Å². The molecule has 3 N–H and O–H groups in total. The summed E-state index contributed by atoms with van der Waals surface area (Å²) in [6, 6.07) is 5.89. The number of nitrogen functional groups attached to an aromatic ring is 1. The zero-order chi connectivity index (χ0) is 13.0. The monoisotopic (exact) mass is 311 g/mol. The van der Waals surface area contributed by atoms with E-state index in [1.165, 1.54) is 25.9 Å². The molecule has 0 unspecified atom stereocenters. The van der Waals surface area contributed by atoms with E-state index in [1.807, 2.05) is 18.2 Å². The molecule has 4 heteroatoms. The van der Waals surface area contributed by atoms with E-state index >= 15 is 0 Å². The Labute approximate surface area is 118 Å². The topological polar surface area (TPSA) is 41.3 Å². The van der Waals surface area contributed by atoms with Crippen LogP contribution in [0.4, 0.5) is 11.4 Å². The Bertz CT molecular complexity index is 387. The summed E-state index contributed by atoms with van der Waals surface area (Å²) < 4.78 is 1.04. The quantitative estimate of drug-likeness (QED) is 0.839. The summed E-state index contributed by atoms with van der Waals surface area (Å²) in [4.78, 5) is 2.54. The molecule has 0 saturated carbocycles. The van der Waals surface area contributed by atoms with Crippen LogP contribution in [0.25, 0.3) is 0 Å². The molecule has 0 amide bonds. The van der Waals surface area contributed by atoms with E-state index in [-0.39, 0.29) is 0 Å². The molecule has 1 heterocycles.